The number of benzene rings is 1. The van der Waals surface area contributed by atoms with Crippen molar-refractivity contribution in [2.24, 2.45) is 0 Å². The second-order valence-electron chi connectivity index (χ2n) is 6.44. The molecular formula is C17H29ClN2O. The van der Waals surface area contributed by atoms with E-state index in [1.807, 2.05) is 12.1 Å². The largest absolute Gasteiger partial charge is 0.395 e. The van der Waals surface area contributed by atoms with Crippen molar-refractivity contribution in [2.75, 3.05) is 24.6 Å². The van der Waals surface area contributed by atoms with E-state index >= 15 is 0 Å². The first kappa shape index (κ1) is 18.3. The lowest BCUT2D eigenvalue weighted by Gasteiger charge is -2.28. The second-order valence-corrected chi connectivity index (χ2v) is 6.88. The molecule has 1 aromatic carbocycles. The fraction of sp³-hybridized carbons (Fsp3) is 0.647. The van der Waals surface area contributed by atoms with Crippen molar-refractivity contribution in [3.8, 4) is 0 Å². The van der Waals surface area contributed by atoms with Crippen LogP contribution in [0.4, 0.5) is 5.69 Å². The number of halogens is 1. The zero-order valence-electron chi connectivity index (χ0n) is 13.7. The summed E-state index contributed by atoms with van der Waals surface area (Å²) >= 11 is 6.16. The minimum atomic E-state index is 0.0603. The normalized spacial score (nSPS) is 11.7. The first-order valence-electron chi connectivity index (χ1n) is 7.76. The molecule has 1 aromatic rings. The molecule has 0 unspecified atom stereocenters. The minimum absolute atomic E-state index is 0.0603. The number of hydrogen-bond donors (Lipinski definition) is 2. The highest BCUT2D eigenvalue weighted by atomic mass is 35.5. The predicted molar refractivity (Wildman–Crippen MR) is 92.3 cm³/mol. The lowest BCUT2D eigenvalue weighted by molar-refractivity contribution is 0.301. The van der Waals surface area contributed by atoms with Crippen LogP contribution in [0.25, 0.3) is 0 Å². The van der Waals surface area contributed by atoms with Crippen LogP contribution in [0.1, 0.15) is 46.1 Å². The monoisotopic (exact) mass is 312 g/mol. The maximum Gasteiger partial charge on any atom is 0.0606 e. The first-order valence-corrected chi connectivity index (χ1v) is 8.14. The smallest absolute Gasteiger partial charge is 0.0606 e. The Bertz CT molecular complexity index is 429. The third-order valence-corrected chi connectivity index (χ3v) is 3.58. The zero-order valence-corrected chi connectivity index (χ0v) is 14.5. The Morgan fingerprint density at radius 1 is 1.24 bits per heavy atom. The summed E-state index contributed by atoms with van der Waals surface area (Å²) in [5, 5.41) is 13.6. The fourth-order valence-corrected chi connectivity index (χ4v) is 2.38. The zero-order chi connectivity index (χ0) is 15.9. The number of rotatable bonds is 8. The Kier molecular flexibility index (Phi) is 7.50. The quantitative estimate of drug-likeness (QED) is 0.766. The van der Waals surface area contributed by atoms with E-state index in [4.69, 9.17) is 11.6 Å². The molecule has 0 amide bonds. The van der Waals surface area contributed by atoms with Gasteiger partial charge < -0.3 is 15.3 Å². The molecule has 4 heteroatoms. The Morgan fingerprint density at radius 3 is 2.52 bits per heavy atom. The molecule has 0 heterocycles. The van der Waals surface area contributed by atoms with Gasteiger partial charge >= 0.3 is 0 Å². The summed E-state index contributed by atoms with van der Waals surface area (Å²) in [6.45, 7) is 11.2. The van der Waals surface area contributed by atoms with Gasteiger partial charge in [0.1, 0.15) is 0 Å². The lowest BCUT2D eigenvalue weighted by atomic mass is 10.1. The Morgan fingerprint density at radius 2 is 1.95 bits per heavy atom. The molecule has 120 valence electrons. The summed E-state index contributed by atoms with van der Waals surface area (Å²) in [7, 11) is 0. The van der Waals surface area contributed by atoms with Crippen molar-refractivity contribution in [3.63, 3.8) is 0 Å². The van der Waals surface area contributed by atoms with Crippen molar-refractivity contribution in [1.82, 2.24) is 5.32 Å². The van der Waals surface area contributed by atoms with Crippen molar-refractivity contribution < 1.29 is 5.11 Å². The summed E-state index contributed by atoms with van der Waals surface area (Å²) in [6.07, 6.45) is 2.26. The summed E-state index contributed by atoms with van der Waals surface area (Å²) in [4.78, 5) is 2.25. The molecule has 0 aliphatic carbocycles. The Labute approximate surface area is 134 Å². The average Bonchev–Trinajstić information content (AvgIpc) is 2.41. The van der Waals surface area contributed by atoms with Crippen molar-refractivity contribution in [3.05, 3.63) is 28.8 Å². The van der Waals surface area contributed by atoms with Gasteiger partial charge in [-0.3, -0.25) is 0 Å². The van der Waals surface area contributed by atoms with Crippen LogP contribution in [0, 0.1) is 0 Å². The van der Waals surface area contributed by atoms with Crippen molar-refractivity contribution >= 4 is 17.3 Å². The van der Waals surface area contributed by atoms with Gasteiger partial charge in [0.25, 0.3) is 0 Å². The van der Waals surface area contributed by atoms with Crippen molar-refractivity contribution in [1.29, 1.82) is 0 Å². The average molecular weight is 313 g/mol. The van der Waals surface area contributed by atoms with Crippen LogP contribution < -0.4 is 10.2 Å². The Balaban J connectivity index is 2.96. The first-order chi connectivity index (χ1) is 9.87. The van der Waals surface area contributed by atoms with Crippen LogP contribution in [-0.4, -0.2) is 30.3 Å². The summed E-state index contributed by atoms with van der Waals surface area (Å²) in [5.74, 6) is 0. The highest BCUT2D eigenvalue weighted by Gasteiger charge is 2.14. The topological polar surface area (TPSA) is 35.5 Å². The molecule has 0 saturated heterocycles. The molecule has 0 aliphatic heterocycles. The van der Waals surface area contributed by atoms with Gasteiger partial charge in [-0.05, 0) is 51.0 Å². The maximum absolute atomic E-state index is 9.32. The van der Waals surface area contributed by atoms with Crippen LogP contribution in [-0.2, 0) is 6.54 Å². The summed E-state index contributed by atoms with van der Waals surface area (Å²) in [5.41, 5.74) is 2.41. The molecule has 0 fully saturated rings. The van der Waals surface area contributed by atoms with E-state index in [2.05, 4.69) is 44.0 Å². The van der Waals surface area contributed by atoms with E-state index in [1.54, 1.807) is 0 Å². The predicted octanol–water partition coefficient (Wildman–Crippen LogP) is 3.83. The molecule has 0 aromatic heterocycles. The molecule has 0 aliphatic rings. The fourth-order valence-electron chi connectivity index (χ4n) is 2.19. The number of anilines is 1. The SMILES string of the molecule is CCCCN(CCO)c1ccc(Cl)cc1CNC(C)(C)C. The van der Waals surface area contributed by atoms with Gasteiger partial charge in [-0.2, -0.15) is 0 Å². The lowest BCUT2D eigenvalue weighted by Crippen LogP contribution is -2.36. The molecule has 0 radical (unpaired) electrons. The molecule has 0 atom stereocenters. The highest BCUT2D eigenvalue weighted by molar-refractivity contribution is 6.30. The second kappa shape index (κ2) is 8.62. The maximum atomic E-state index is 9.32. The molecular weight excluding hydrogens is 284 g/mol. The van der Waals surface area contributed by atoms with Gasteiger partial charge in [0.05, 0.1) is 6.61 Å². The minimum Gasteiger partial charge on any atom is -0.395 e. The van der Waals surface area contributed by atoms with E-state index in [1.165, 1.54) is 11.3 Å². The molecule has 1 rings (SSSR count). The third kappa shape index (κ3) is 6.68. The summed E-state index contributed by atoms with van der Waals surface area (Å²) < 4.78 is 0. The van der Waals surface area contributed by atoms with Gasteiger partial charge in [-0.25, -0.2) is 0 Å². The van der Waals surface area contributed by atoms with Crippen LogP contribution in [0.5, 0.6) is 0 Å². The van der Waals surface area contributed by atoms with E-state index in [9.17, 15) is 5.11 Å². The number of hydrogen-bond acceptors (Lipinski definition) is 3. The van der Waals surface area contributed by atoms with Gasteiger partial charge in [0, 0.05) is 35.9 Å². The van der Waals surface area contributed by atoms with Crippen LogP contribution in [0.15, 0.2) is 18.2 Å². The standard InChI is InChI=1S/C17H29ClN2O/c1-5-6-9-20(10-11-21)16-8-7-15(18)12-14(16)13-19-17(2,3)4/h7-8,12,19,21H,5-6,9-11,13H2,1-4H3. The molecule has 3 nitrogen and oxygen atoms in total. The number of nitrogens with zero attached hydrogens (tertiary/aromatic N) is 1. The van der Waals surface area contributed by atoms with Gasteiger partial charge in [-0.1, -0.05) is 24.9 Å². The van der Waals surface area contributed by atoms with Crippen LogP contribution in [0.3, 0.4) is 0 Å². The third-order valence-electron chi connectivity index (χ3n) is 3.34. The molecule has 21 heavy (non-hydrogen) atoms. The van der Waals surface area contributed by atoms with Gasteiger partial charge in [0.15, 0.2) is 0 Å². The molecule has 0 saturated carbocycles. The highest BCUT2D eigenvalue weighted by Crippen LogP contribution is 2.25. The Hall–Kier alpha value is -0.770. The van der Waals surface area contributed by atoms with Crippen LogP contribution in [0.2, 0.25) is 5.02 Å². The number of aliphatic hydroxyl groups is 1. The van der Waals surface area contributed by atoms with E-state index < -0.39 is 0 Å². The van der Waals surface area contributed by atoms with Gasteiger partial charge in [0.2, 0.25) is 0 Å². The molecule has 0 bridgehead atoms. The summed E-state index contributed by atoms with van der Waals surface area (Å²) in [6, 6.07) is 6.01. The van der Waals surface area contributed by atoms with E-state index in [0.29, 0.717) is 6.54 Å². The number of nitrogens with one attached hydrogen (secondary N) is 1. The number of unbranched alkanes of at least 4 members (excludes halogenated alkanes) is 1. The van der Waals surface area contributed by atoms with E-state index in [-0.39, 0.29) is 12.1 Å². The number of aliphatic hydroxyl groups excluding tert-OH is 1. The van der Waals surface area contributed by atoms with E-state index in [0.717, 1.165) is 31.0 Å². The van der Waals surface area contributed by atoms with Crippen molar-refractivity contribution in [2.45, 2.75) is 52.6 Å². The molecule has 0 spiro atoms. The molecule has 2 N–H and O–H groups in total. The van der Waals surface area contributed by atoms with Gasteiger partial charge in [-0.15, -0.1) is 0 Å². The van der Waals surface area contributed by atoms with Crippen LogP contribution >= 0.6 is 11.6 Å².